The fourth-order valence-corrected chi connectivity index (χ4v) is 2.85. The third-order valence-electron chi connectivity index (χ3n) is 3.80. The highest BCUT2D eigenvalue weighted by molar-refractivity contribution is 5.85. The molecular formula is C12H23ClN2O. The van der Waals surface area contributed by atoms with Crippen LogP contribution in [0.5, 0.6) is 0 Å². The highest BCUT2D eigenvalue weighted by Crippen LogP contribution is 2.27. The van der Waals surface area contributed by atoms with E-state index in [0.717, 1.165) is 38.8 Å². The molecule has 0 aromatic rings. The van der Waals surface area contributed by atoms with Crippen LogP contribution in [0.15, 0.2) is 0 Å². The summed E-state index contributed by atoms with van der Waals surface area (Å²) >= 11 is 0. The summed E-state index contributed by atoms with van der Waals surface area (Å²) < 4.78 is 0. The minimum atomic E-state index is 0. The first kappa shape index (κ1) is 13.8. The molecule has 2 fully saturated rings. The summed E-state index contributed by atoms with van der Waals surface area (Å²) in [4.78, 5) is 14.2. The fraction of sp³-hybridized carbons (Fsp3) is 0.917. The van der Waals surface area contributed by atoms with Gasteiger partial charge in [-0.1, -0.05) is 13.3 Å². The molecule has 0 bridgehead atoms. The third-order valence-corrected chi connectivity index (χ3v) is 3.80. The molecule has 16 heavy (non-hydrogen) atoms. The maximum absolute atomic E-state index is 12.2. The summed E-state index contributed by atoms with van der Waals surface area (Å²) in [6.45, 7) is 4.15. The van der Waals surface area contributed by atoms with Crippen molar-refractivity contribution < 1.29 is 4.79 Å². The van der Waals surface area contributed by atoms with Crippen molar-refractivity contribution in [2.24, 2.45) is 17.6 Å². The van der Waals surface area contributed by atoms with E-state index in [4.69, 9.17) is 5.73 Å². The van der Waals surface area contributed by atoms with Crippen molar-refractivity contribution >= 4 is 18.3 Å². The molecule has 0 aromatic carbocycles. The van der Waals surface area contributed by atoms with Crippen LogP contribution in [0.3, 0.4) is 0 Å². The van der Waals surface area contributed by atoms with Crippen molar-refractivity contribution in [1.29, 1.82) is 0 Å². The molecule has 3 atom stereocenters. The zero-order valence-electron chi connectivity index (χ0n) is 10.0. The van der Waals surface area contributed by atoms with Gasteiger partial charge in [0, 0.05) is 25.0 Å². The van der Waals surface area contributed by atoms with Crippen molar-refractivity contribution in [2.45, 2.75) is 45.1 Å². The van der Waals surface area contributed by atoms with E-state index >= 15 is 0 Å². The summed E-state index contributed by atoms with van der Waals surface area (Å²) in [5.41, 5.74) is 5.92. The number of carbonyl (C=O) groups is 1. The first-order chi connectivity index (χ1) is 7.16. The average Bonchev–Trinajstić information content (AvgIpc) is 2.64. The zero-order valence-corrected chi connectivity index (χ0v) is 10.8. The van der Waals surface area contributed by atoms with E-state index in [0.29, 0.717) is 11.8 Å². The van der Waals surface area contributed by atoms with Crippen LogP contribution in [0.4, 0.5) is 0 Å². The lowest BCUT2D eigenvalue weighted by molar-refractivity contribution is -0.135. The molecule has 1 amide bonds. The predicted molar refractivity (Wildman–Crippen MR) is 67.5 cm³/mol. The lowest BCUT2D eigenvalue weighted by Crippen LogP contribution is -2.39. The standard InChI is InChI=1S/C12H22N2O.ClH/c1-9-5-6-14(8-9)12(15)10-3-2-4-11(13)7-10;/h9-11H,2-8,13H2,1H3;1H. The highest BCUT2D eigenvalue weighted by atomic mass is 35.5. The van der Waals surface area contributed by atoms with Crippen molar-refractivity contribution in [2.75, 3.05) is 13.1 Å². The number of carbonyl (C=O) groups excluding carboxylic acids is 1. The van der Waals surface area contributed by atoms with Crippen LogP contribution in [0, 0.1) is 11.8 Å². The lowest BCUT2D eigenvalue weighted by atomic mass is 9.85. The molecule has 0 spiro atoms. The maximum Gasteiger partial charge on any atom is 0.225 e. The van der Waals surface area contributed by atoms with Gasteiger partial charge in [0.05, 0.1) is 0 Å². The molecule has 2 N–H and O–H groups in total. The molecule has 2 rings (SSSR count). The predicted octanol–water partition coefficient (Wildman–Crippen LogP) is 1.79. The summed E-state index contributed by atoms with van der Waals surface area (Å²) in [7, 11) is 0. The fourth-order valence-electron chi connectivity index (χ4n) is 2.85. The number of amides is 1. The normalized spacial score (nSPS) is 34.6. The first-order valence-corrected chi connectivity index (χ1v) is 6.21. The maximum atomic E-state index is 12.2. The van der Waals surface area contributed by atoms with E-state index < -0.39 is 0 Å². The molecule has 4 heteroatoms. The largest absolute Gasteiger partial charge is 0.342 e. The van der Waals surface area contributed by atoms with Gasteiger partial charge < -0.3 is 10.6 Å². The van der Waals surface area contributed by atoms with Gasteiger partial charge >= 0.3 is 0 Å². The Balaban J connectivity index is 0.00000128. The first-order valence-electron chi connectivity index (χ1n) is 6.21. The minimum Gasteiger partial charge on any atom is -0.342 e. The molecule has 1 aliphatic carbocycles. The van der Waals surface area contributed by atoms with E-state index in [2.05, 4.69) is 6.92 Å². The number of likely N-dealkylation sites (tertiary alicyclic amines) is 1. The van der Waals surface area contributed by atoms with Gasteiger partial charge in [0.1, 0.15) is 0 Å². The smallest absolute Gasteiger partial charge is 0.225 e. The van der Waals surface area contributed by atoms with Crippen molar-refractivity contribution in [3.63, 3.8) is 0 Å². The van der Waals surface area contributed by atoms with Crippen LogP contribution in [0.2, 0.25) is 0 Å². The second kappa shape index (κ2) is 5.87. The molecule has 1 aliphatic heterocycles. The zero-order chi connectivity index (χ0) is 10.8. The van der Waals surface area contributed by atoms with Crippen LogP contribution in [0.1, 0.15) is 39.0 Å². The lowest BCUT2D eigenvalue weighted by Gasteiger charge is -2.29. The molecule has 1 heterocycles. The number of hydrogen-bond donors (Lipinski definition) is 1. The third kappa shape index (κ3) is 3.11. The number of nitrogens with zero attached hydrogens (tertiary/aromatic N) is 1. The summed E-state index contributed by atoms with van der Waals surface area (Å²) in [6, 6.07) is 0.257. The summed E-state index contributed by atoms with van der Waals surface area (Å²) in [6.07, 6.45) is 5.35. The molecule has 0 radical (unpaired) electrons. The van der Waals surface area contributed by atoms with Crippen molar-refractivity contribution in [3.05, 3.63) is 0 Å². The second-order valence-electron chi connectivity index (χ2n) is 5.30. The van der Waals surface area contributed by atoms with Gasteiger partial charge in [-0.25, -0.2) is 0 Å². The molecule has 3 nitrogen and oxygen atoms in total. The Hall–Kier alpha value is -0.280. The molecular weight excluding hydrogens is 224 g/mol. The van der Waals surface area contributed by atoms with Gasteiger partial charge in [-0.2, -0.15) is 0 Å². The number of rotatable bonds is 1. The van der Waals surface area contributed by atoms with Crippen LogP contribution in [0.25, 0.3) is 0 Å². The summed E-state index contributed by atoms with van der Waals surface area (Å²) in [5.74, 6) is 1.28. The SMILES string of the molecule is CC1CCN(C(=O)C2CCCC(N)C2)C1.Cl. The van der Waals surface area contributed by atoms with E-state index in [1.807, 2.05) is 4.90 Å². The van der Waals surface area contributed by atoms with Gasteiger partial charge in [0.25, 0.3) is 0 Å². The number of halogens is 1. The number of hydrogen-bond acceptors (Lipinski definition) is 2. The van der Waals surface area contributed by atoms with Crippen LogP contribution in [-0.2, 0) is 4.79 Å². The Morgan fingerprint density at radius 1 is 1.31 bits per heavy atom. The van der Waals surface area contributed by atoms with E-state index in [-0.39, 0.29) is 24.4 Å². The molecule has 2 aliphatic rings. The molecule has 0 aromatic heterocycles. The topological polar surface area (TPSA) is 46.3 Å². The molecule has 94 valence electrons. The Bertz CT molecular complexity index is 247. The quantitative estimate of drug-likeness (QED) is 0.767. The van der Waals surface area contributed by atoms with Gasteiger partial charge in [-0.15, -0.1) is 12.4 Å². The van der Waals surface area contributed by atoms with E-state index in [1.165, 1.54) is 6.42 Å². The van der Waals surface area contributed by atoms with E-state index in [1.54, 1.807) is 0 Å². The van der Waals surface area contributed by atoms with Gasteiger partial charge in [0.2, 0.25) is 5.91 Å². The van der Waals surface area contributed by atoms with Crippen molar-refractivity contribution in [3.8, 4) is 0 Å². The Morgan fingerprint density at radius 3 is 2.62 bits per heavy atom. The van der Waals surface area contributed by atoms with Gasteiger partial charge in [0.15, 0.2) is 0 Å². The summed E-state index contributed by atoms with van der Waals surface area (Å²) in [5, 5.41) is 0. The minimum absolute atomic E-state index is 0. The second-order valence-corrected chi connectivity index (χ2v) is 5.30. The van der Waals surface area contributed by atoms with Gasteiger partial charge in [-0.3, -0.25) is 4.79 Å². The van der Waals surface area contributed by atoms with E-state index in [9.17, 15) is 4.79 Å². The average molecular weight is 247 g/mol. The van der Waals surface area contributed by atoms with Gasteiger partial charge in [-0.05, 0) is 31.6 Å². The van der Waals surface area contributed by atoms with Crippen LogP contribution in [-0.4, -0.2) is 29.9 Å². The Morgan fingerprint density at radius 2 is 2.06 bits per heavy atom. The Labute approximate surface area is 104 Å². The van der Waals surface area contributed by atoms with Crippen molar-refractivity contribution in [1.82, 2.24) is 4.90 Å². The Kier molecular flexibility index (Phi) is 5.06. The molecule has 1 saturated heterocycles. The monoisotopic (exact) mass is 246 g/mol. The van der Waals surface area contributed by atoms with Crippen LogP contribution < -0.4 is 5.73 Å². The molecule has 1 saturated carbocycles. The van der Waals surface area contributed by atoms with Crippen LogP contribution >= 0.6 is 12.4 Å². The molecule has 3 unspecified atom stereocenters. The number of nitrogens with two attached hydrogens (primary N) is 1. The highest BCUT2D eigenvalue weighted by Gasteiger charge is 2.31.